The number of nitrogens with zero attached hydrogens (tertiary/aromatic N) is 3. The van der Waals surface area contributed by atoms with E-state index >= 15 is 0 Å². The second kappa shape index (κ2) is 10.5. The summed E-state index contributed by atoms with van der Waals surface area (Å²) in [7, 11) is -0.701. The van der Waals surface area contributed by atoms with Crippen LogP contribution in [-0.4, -0.2) is 61.4 Å². The molecule has 0 saturated heterocycles. The molecular weight excluding hydrogens is 438 g/mol. The van der Waals surface area contributed by atoms with Crippen LogP contribution in [0.25, 0.3) is 0 Å². The van der Waals surface area contributed by atoms with Crippen LogP contribution in [0.5, 0.6) is 0 Å². The molecule has 0 aliphatic heterocycles. The van der Waals surface area contributed by atoms with Crippen molar-refractivity contribution in [3.05, 3.63) is 29.8 Å². The van der Waals surface area contributed by atoms with Gasteiger partial charge in [-0.2, -0.15) is 0 Å². The van der Waals surface area contributed by atoms with Crippen molar-refractivity contribution >= 4 is 50.3 Å². The minimum Gasteiger partial charge on any atom is -0.450 e. The van der Waals surface area contributed by atoms with Gasteiger partial charge in [-0.3, -0.25) is 10.1 Å². The van der Waals surface area contributed by atoms with Gasteiger partial charge in [0.2, 0.25) is 21.1 Å². The summed E-state index contributed by atoms with van der Waals surface area (Å²) in [5.74, 6) is -0.224. The van der Waals surface area contributed by atoms with Gasteiger partial charge in [0.05, 0.1) is 17.3 Å². The van der Waals surface area contributed by atoms with Gasteiger partial charge < -0.3 is 10.1 Å². The number of nitrogens with one attached hydrogen (secondary N) is 2. The van der Waals surface area contributed by atoms with Crippen LogP contribution in [0.15, 0.2) is 33.5 Å². The Morgan fingerprint density at radius 1 is 1.24 bits per heavy atom. The molecule has 0 spiro atoms. The quantitative estimate of drug-likeness (QED) is 0.428. The van der Waals surface area contributed by atoms with E-state index < -0.39 is 16.1 Å². The standard InChI is InChI=1S/C16H21N5O5S3/c1-4-26-15(23)18-14-19-20-16(28-14)27-10-13(22)17-9-11-7-5-6-8-12(11)29(24,25)21(2)3/h5-8H,4,9-10H2,1-3H3,(H,17,22)(H,18,19,23). The number of carbonyl (C=O) groups excluding carboxylic acids is 2. The number of benzene rings is 1. The molecule has 0 aliphatic carbocycles. The average Bonchev–Trinajstić information content (AvgIpc) is 3.12. The summed E-state index contributed by atoms with van der Waals surface area (Å²) in [6.45, 7) is 2.01. The fourth-order valence-corrected chi connectivity index (χ4v) is 4.73. The van der Waals surface area contributed by atoms with Crippen molar-refractivity contribution in [2.75, 3.05) is 31.8 Å². The normalized spacial score (nSPS) is 11.3. The number of rotatable bonds is 9. The van der Waals surface area contributed by atoms with E-state index in [1.165, 1.54) is 20.2 Å². The number of ether oxygens (including phenoxy) is 1. The van der Waals surface area contributed by atoms with Crippen molar-refractivity contribution in [2.45, 2.75) is 22.7 Å². The molecule has 1 aromatic carbocycles. The van der Waals surface area contributed by atoms with E-state index in [2.05, 4.69) is 20.8 Å². The fraction of sp³-hybridized carbons (Fsp3) is 0.375. The van der Waals surface area contributed by atoms with Gasteiger partial charge in [0.15, 0.2) is 4.34 Å². The first-order valence-corrected chi connectivity index (χ1v) is 11.7. The molecule has 2 amide bonds. The Hall–Kier alpha value is -2.22. The number of anilines is 1. The zero-order valence-corrected chi connectivity index (χ0v) is 18.5. The molecule has 1 aromatic heterocycles. The monoisotopic (exact) mass is 459 g/mol. The molecule has 0 fully saturated rings. The van der Waals surface area contributed by atoms with E-state index in [4.69, 9.17) is 4.74 Å². The summed E-state index contributed by atoms with van der Waals surface area (Å²) in [5.41, 5.74) is 0.497. The molecule has 0 radical (unpaired) electrons. The maximum absolute atomic E-state index is 12.4. The predicted molar refractivity (Wildman–Crippen MR) is 110 cm³/mol. The number of carbonyl (C=O) groups is 2. The van der Waals surface area contributed by atoms with Crippen LogP contribution in [0.1, 0.15) is 12.5 Å². The number of hydrogen-bond acceptors (Lipinski definition) is 9. The Morgan fingerprint density at radius 3 is 2.66 bits per heavy atom. The number of hydrogen-bond donors (Lipinski definition) is 2. The first-order chi connectivity index (χ1) is 13.7. The Morgan fingerprint density at radius 2 is 1.97 bits per heavy atom. The minimum atomic E-state index is -3.61. The highest BCUT2D eigenvalue weighted by molar-refractivity contribution is 8.01. The van der Waals surface area contributed by atoms with Crippen molar-refractivity contribution in [3.63, 3.8) is 0 Å². The molecule has 0 unspecified atom stereocenters. The highest BCUT2D eigenvalue weighted by Crippen LogP contribution is 2.25. The van der Waals surface area contributed by atoms with Gasteiger partial charge in [0.1, 0.15) is 0 Å². The van der Waals surface area contributed by atoms with E-state index in [1.807, 2.05) is 0 Å². The zero-order chi connectivity index (χ0) is 21.4. The maximum Gasteiger partial charge on any atom is 0.413 e. The molecule has 1 heterocycles. The van der Waals surface area contributed by atoms with E-state index in [1.54, 1.807) is 25.1 Å². The van der Waals surface area contributed by atoms with Crippen LogP contribution < -0.4 is 10.6 Å². The molecule has 10 nitrogen and oxygen atoms in total. The first kappa shape index (κ1) is 23.1. The van der Waals surface area contributed by atoms with E-state index in [-0.39, 0.29) is 34.8 Å². The van der Waals surface area contributed by atoms with E-state index in [0.717, 1.165) is 27.4 Å². The largest absolute Gasteiger partial charge is 0.450 e. The number of sulfonamides is 1. The van der Waals surface area contributed by atoms with Gasteiger partial charge in [0.25, 0.3) is 0 Å². The topological polar surface area (TPSA) is 131 Å². The SMILES string of the molecule is CCOC(=O)Nc1nnc(SCC(=O)NCc2ccccc2S(=O)(=O)N(C)C)s1. The van der Waals surface area contributed by atoms with Crippen LogP contribution >= 0.6 is 23.1 Å². The number of aromatic nitrogens is 2. The van der Waals surface area contributed by atoms with Gasteiger partial charge in [0, 0.05) is 20.6 Å². The second-order valence-electron chi connectivity index (χ2n) is 5.68. The van der Waals surface area contributed by atoms with Gasteiger partial charge in [-0.15, -0.1) is 10.2 Å². The zero-order valence-electron chi connectivity index (χ0n) is 16.0. The van der Waals surface area contributed by atoms with Crippen molar-refractivity contribution in [1.82, 2.24) is 19.8 Å². The molecule has 0 aliphatic rings. The van der Waals surface area contributed by atoms with Crippen molar-refractivity contribution in [3.8, 4) is 0 Å². The van der Waals surface area contributed by atoms with Crippen LogP contribution in [-0.2, 0) is 26.1 Å². The van der Waals surface area contributed by atoms with Gasteiger partial charge >= 0.3 is 6.09 Å². The Balaban J connectivity index is 1.89. The van der Waals surface area contributed by atoms with Crippen molar-refractivity contribution in [1.29, 1.82) is 0 Å². The maximum atomic E-state index is 12.4. The molecule has 2 aromatic rings. The average molecular weight is 460 g/mol. The van der Waals surface area contributed by atoms with Gasteiger partial charge in [-0.05, 0) is 18.6 Å². The molecule has 2 N–H and O–H groups in total. The smallest absolute Gasteiger partial charge is 0.413 e. The van der Waals surface area contributed by atoms with Crippen LogP contribution in [0.4, 0.5) is 9.93 Å². The molecule has 158 valence electrons. The highest BCUT2D eigenvalue weighted by atomic mass is 32.2. The number of thioether (sulfide) groups is 1. The molecule has 29 heavy (non-hydrogen) atoms. The van der Waals surface area contributed by atoms with E-state index in [0.29, 0.717) is 9.90 Å². The molecule has 13 heteroatoms. The summed E-state index contributed by atoms with van der Waals surface area (Å²) >= 11 is 2.27. The molecule has 0 saturated carbocycles. The summed E-state index contributed by atoms with van der Waals surface area (Å²) in [6, 6.07) is 6.51. The molecular formula is C16H21N5O5S3. The Labute approximate surface area is 177 Å². The van der Waals surface area contributed by atoms with Crippen molar-refractivity contribution < 1.29 is 22.7 Å². The summed E-state index contributed by atoms with van der Waals surface area (Å²) in [5, 5.41) is 13.1. The lowest BCUT2D eigenvalue weighted by atomic mass is 10.2. The molecule has 0 atom stereocenters. The first-order valence-electron chi connectivity index (χ1n) is 8.41. The van der Waals surface area contributed by atoms with Crippen LogP contribution in [0, 0.1) is 0 Å². The minimum absolute atomic E-state index is 0.0661. The third-order valence-corrected chi connectivity index (χ3v) is 7.31. The predicted octanol–water partition coefficient (Wildman–Crippen LogP) is 1.77. The van der Waals surface area contributed by atoms with Crippen LogP contribution in [0.3, 0.4) is 0 Å². The summed E-state index contributed by atoms with van der Waals surface area (Å²) in [6.07, 6.45) is -0.621. The highest BCUT2D eigenvalue weighted by Gasteiger charge is 2.20. The van der Waals surface area contributed by atoms with Gasteiger partial charge in [-0.25, -0.2) is 17.5 Å². The number of amides is 2. The third-order valence-electron chi connectivity index (χ3n) is 3.42. The fourth-order valence-electron chi connectivity index (χ4n) is 2.04. The third kappa shape index (κ3) is 6.66. The lowest BCUT2D eigenvalue weighted by Crippen LogP contribution is -2.27. The lowest BCUT2D eigenvalue weighted by molar-refractivity contribution is -0.118. The van der Waals surface area contributed by atoms with E-state index in [9.17, 15) is 18.0 Å². The molecule has 0 bridgehead atoms. The molecule has 2 rings (SSSR count). The second-order valence-corrected chi connectivity index (χ2v) is 10.00. The van der Waals surface area contributed by atoms with Crippen LogP contribution in [0.2, 0.25) is 0 Å². The Bertz CT molecular complexity index is 961. The lowest BCUT2D eigenvalue weighted by Gasteiger charge is -2.15. The summed E-state index contributed by atoms with van der Waals surface area (Å²) < 4.78 is 31.1. The summed E-state index contributed by atoms with van der Waals surface area (Å²) in [4.78, 5) is 23.6. The Kier molecular flexibility index (Phi) is 8.37. The van der Waals surface area contributed by atoms with Gasteiger partial charge in [-0.1, -0.05) is 41.3 Å². The van der Waals surface area contributed by atoms with Crippen molar-refractivity contribution in [2.24, 2.45) is 0 Å².